The normalized spacial score (nSPS) is 12.6. The molecule has 4 aromatic rings. The first-order valence-corrected chi connectivity index (χ1v) is 8.15. The van der Waals surface area contributed by atoms with Gasteiger partial charge >= 0.3 is 11.8 Å². The van der Waals surface area contributed by atoms with Crippen molar-refractivity contribution in [2.75, 3.05) is 0 Å². The van der Waals surface area contributed by atoms with E-state index in [2.05, 4.69) is 0 Å². The van der Waals surface area contributed by atoms with E-state index in [4.69, 9.17) is 0 Å². The topological polar surface area (TPSA) is 0 Å². The van der Waals surface area contributed by atoms with Crippen LogP contribution >= 0.6 is 0 Å². The summed E-state index contributed by atoms with van der Waals surface area (Å²) in [5.41, 5.74) is -1.35. The van der Waals surface area contributed by atoms with Crippen LogP contribution in [0.3, 0.4) is 0 Å². The third kappa shape index (κ3) is 2.37. The second-order valence-electron chi connectivity index (χ2n) is 6.20. The van der Waals surface area contributed by atoms with E-state index in [1.54, 1.807) is 48.5 Å². The van der Waals surface area contributed by atoms with Gasteiger partial charge in [0.2, 0.25) is 0 Å². The van der Waals surface area contributed by atoms with Gasteiger partial charge in [0.25, 0.3) is 0 Å². The van der Waals surface area contributed by atoms with Gasteiger partial charge < -0.3 is 0 Å². The van der Waals surface area contributed by atoms with Crippen molar-refractivity contribution in [2.45, 2.75) is 11.8 Å². The molecular weight excluding hydrogens is 340 g/mol. The van der Waals surface area contributed by atoms with Gasteiger partial charge in [-0.3, -0.25) is 0 Å². The molecule has 0 nitrogen and oxygen atoms in total. The minimum atomic E-state index is -4.36. The zero-order valence-electron chi connectivity index (χ0n) is 13.6. The Labute approximate surface area is 147 Å². The minimum Gasteiger partial charge on any atom is -0.194 e. The summed E-state index contributed by atoms with van der Waals surface area (Å²) < 4.78 is 60.5. The number of fused-ring (bicyclic) bond motifs is 2. The fourth-order valence-electron chi connectivity index (χ4n) is 3.34. The fourth-order valence-corrected chi connectivity index (χ4v) is 3.34. The molecule has 0 unspecified atom stereocenters. The molecule has 0 aliphatic heterocycles. The molecule has 0 spiro atoms. The second kappa shape index (κ2) is 5.84. The van der Waals surface area contributed by atoms with Crippen LogP contribution in [-0.2, 0) is 11.8 Å². The standard InChI is InChI=1S/C22H14F4/c23-21(24,19-13-5-9-15-7-1-3-11-17(15)19)22(25,26)20-14-6-10-16-8-2-4-12-18(16)20/h1-14H. The van der Waals surface area contributed by atoms with E-state index in [1.165, 1.54) is 24.3 Å². The largest absolute Gasteiger partial charge is 0.340 e. The highest BCUT2D eigenvalue weighted by Gasteiger charge is 2.59. The second-order valence-corrected chi connectivity index (χ2v) is 6.20. The molecule has 4 heteroatoms. The maximum Gasteiger partial charge on any atom is 0.340 e. The number of hydrogen-bond donors (Lipinski definition) is 0. The number of halogens is 4. The fraction of sp³-hybridized carbons (Fsp3) is 0.0909. The van der Waals surface area contributed by atoms with Crippen LogP contribution < -0.4 is 0 Å². The molecule has 0 saturated carbocycles. The first-order valence-electron chi connectivity index (χ1n) is 8.15. The van der Waals surface area contributed by atoms with E-state index >= 15 is 17.6 Å². The molecule has 0 amide bonds. The van der Waals surface area contributed by atoms with Crippen LogP contribution in [0.2, 0.25) is 0 Å². The van der Waals surface area contributed by atoms with Gasteiger partial charge in [-0.15, -0.1) is 0 Å². The number of hydrogen-bond acceptors (Lipinski definition) is 0. The highest BCUT2D eigenvalue weighted by atomic mass is 19.3. The van der Waals surface area contributed by atoms with Gasteiger partial charge in [0.1, 0.15) is 0 Å². The zero-order valence-corrected chi connectivity index (χ0v) is 13.6. The molecule has 0 atom stereocenters. The van der Waals surface area contributed by atoms with Crippen molar-refractivity contribution in [3.63, 3.8) is 0 Å². The Balaban J connectivity index is 1.96. The number of alkyl halides is 4. The third-order valence-corrected chi connectivity index (χ3v) is 4.65. The van der Waals surface area contributed by atoms with E-state index in [0.29, 0.717) is 10.8 Å². The molecule has 0 fully saturated rings. The highest BCUT2D eigenvalue weighted by Crippen LogP contribution is 2.52. The average molecular weight is 354 g/mol. The lowest BCUT2D eigenvalue weighted by Crippen LogP contribution is -2.36. The van der Waals surface area contributed by atoms with Crippen molar-refractivity contribution in [3.05, 3.63) is 96.1 Å². The molecule has 0 aliphatic rings. The van der Waals surface area contributed by atoms with E-state index in [1.807, 2.05) is 0 Å². The lowest BCUT2D eigenvalue weighted by atomic mass is 9.90. The van der Waals surface area contributed by atoms with Crippen molar-refractivity contribution in [3.8, 4) is 0 Å². The smallest absolute Gasteiger partial charge is 0.194 e. The predicted molar refractivity (Wildman–Crippen MR) is 95.7 cm³/mol. The van der Waals surface area contributed by atoms with Crippen molar-refractivity contribution in [2.24, 2.45) is 0 Å². The van der Waals surface area contributed by atoms with Crippen LogP contribution in [0, 0.1) is 0 Å². The quantitative estimate of drug-likeness (QED) is 0.352. The van der Waals surface area contributed by atoms with Gasteiger partial charge in [0.15, 0.2) is 0 Å². The van der Waals surface area contributed by atoms with Crippen molar-refractivity contribution in [1.29, 1.82) is 0 Å². The molecular formula is C22H14F4. The first-order chi connectivity index (χ1) is 12.4. The van der Waals surface area contributed by atoms with Gasteiger partial charge in [-0.05, 0) is 21.5 Å². The van der Waals surface area contributed by atoms with Crippen LogP contribution in [0.25, 0.3) is 21.5 Å². The third-order valence-electron chi connectivity index (χ3n) is 4.65. The van der Waals surface area contributed by atoms with Crippen molar-refractivity contribution >= 4 is 21.5 Å². The predicted octanol–water partition coefficient (Wildman–Crippen LogP) is 6.88. The first kappa shape index (κ1) is 16.6. The molecule has 4 rings (SSSR count). The van der Waals surface area contributed by atoms with Crippen LogP contribution in [-0.4, -0.2) is 0 Å². The maximum absolute atomic E-state index is 15.1. The highest BCUT2D eigenvalue weighted by molar-refractivity contribution is 5.88. The van der Waals surface area contributed by atoms with Crippen LogP contribution in [0.1, 0.15) is 11.1 Å². The summed E-state index contributed by atoms with van der Waals surface area (Å²) in [6.45, 7) is 0. The number of benzene rings is 4. The van der Waals surface area contributed by atoms with Gasteiger partial charge in [0, 0.05) is 11.1 Å². The summed E-state index contributed by atoms with van der Waals surface area (Å²) >= 11 is 0. The molecule has 0 radical (unpaired) electrons. The Morgan fingerprint density at radius 2 is 0.769 bits per heavy atom. The molecule has 130 valence electrons. The Morgan fingerprint density at radius 3 is 1.19 bits per heavy atom. The summed E-state index contributed by atoms with van der Waals surface area (Å²) in [5.74, 6) is -8.73. The zero-order chi connectivity index (χ0) is 18.4. The molecule has 0 bridgehead atoms. The average Bonchev–Trinajstić information content (AvgIpc) is 2.66. The van der Waals surface area contributed by atoms with Crippen LogP contribution in [0.15, 0.2) is 84.9 Å². The summed E-state index contributed by atoms with van der Waals surface area (Å²) in [6, 6.07) is 20.8. The molecule has 0 aromatic heterocycles. The molecule has 0 N–H and O–H groups in total. The molecule has 26 heavy (non-hydrogen) atoms. The summed E-state index contributed by atoms with van der Waals surface area (Å²) in [5, 5.41) is 1.25. The Kier molecular flexibility index (Phi) is 3.72. The molecule has 0 heterocycles. The summed E-state index contributed by atoms with van der Waals surface area (Å²) in [7, 11) is 0. The molecule has 0 aliphatic carbocycles. The maximum atomic E-state index is 15.1. The van der Waals surface area contributed by atoms with Crippen molar-refractivity contribution < 1.29 is 17.6 Å². The van der Waals surface area contributed by atoms with Gasteiger partial charge in [-0.1, -0.05) is 84.9 Å². The van der Waals surface area contributed by atoms with E-state index in [0.717, 1.165) is 12.1 Å². The Morgan fingerprint density at radius 1 is 0.423 bits per heavy atom. The van der Waals surface area contributed by atoms with Crippen LogP contribution in [0.4, 0.5) is 17.6 Å². The van der Waals surface area contributed by atoms with Gasteiger partial charge in [-0.25, -0.2) is 0 Å². The van der Waals surface area contributed by atoms with Crippen LogP contribution in [0.5, 0.6) is 0 Å². The SMILES string of the molecule is FC(F)(c1cccc2ccccc12)C(F)(F)c1cccc2ccccc12. The van der Waals surface area contributed by atoms with Gasteiger partial charge in [0.05, 0.1) is 0 Å². The van der Waals surface area contributed by atoms with E-state index < -0.39 is 23.0 Å². The molecule has 4 aromatic carbocycles. The number of rotatable bonds is 3. The Hall–Kier alpha value is -2.88. The summed E-state index contributed by atoms with van der Waals surface area (Å²) in [4.78, 5) is 0. The lowest BCUT2D eigenvalue weighted by molar-refractivity contribution is -0.222. The van der Waals surface area contributed by atoms with E-state index in [9.17, 15) is 0 Å². The Bertz CT molecular complexity index is 999. The van der Waals surface area contributed by atoms with Crippen molar-refractivity contribution in [1.82, 2.24) is 0 Å². The lowest BCUT2D eigenvalue weighted by Gasteiger charge is -2.29. The molecule has 0 saturated heterocycles. The van der Waals surface area contributed by atoms with Gasteiger partial charge in [-0.2, -0.15) is 17.6 Å². The monoisotopic (exact) mass is 354 g/mol. The summed E-state index contributed by atoms with van der Waals surface area (Å²) in [6.07, 6.45) is 0. The minimum absolute atomic E-state index is 0.125. The van der Waals surface area contributed by atoms with E-state index in [-0.39, 0.29) is 10.8 Å².